The van der Waals surface area contributed by atoms with E-state index in [4.69, 9.17) is 46.4 Å². The van der Waals surface area contributed by atoms with Crippen LogP contribution in [0.1, 0.15) is 50.2 Å². The summed E-state index contributed by atoms with van der Waals surface area (Å²) in [6, 6.07) is 15.1. The summed E-state index contributed by atoms with van der Waals surface area (Å²) in [5, 5.41) is 23.4. The van der Waals surface area contributed by atoms with E-state index in [2.05, 4.69) is 20.8 Å². The van der Waals surface area contributed by atoms with E-state index in [1.807, 2.05) is 0 Å². The number of ketones is 1. The number of rotatable bonds is 14. The van der Waals surface area contributed by atoms with Gasteiger partial charge in [-0.15, -0.1) is 0 Å². The Bertz CT molecular complexity index is 2290. The maximum absolute atomic E-state index is 14.0. The molecule has 0 spiro atoms. The fourth-order valence-corrected chi connectivity index (χ4v) is 6.65. The van der Waals surface area contributed by atoms with E-state index in [1.165, 1.54) is 35.9 Å². The third-order valence-corrected chi connectivity index (χ3v) is 9.72. The number of benzene rings is 4. The predicted octanol–water partition coefficient (Wildman–Crippen LogP) is 5.70. The number of carbonyl (C=O) groups excluding carboxylic acids is 1. The Morgan fingerprint density at radius 2 is 0.984 bits per heavy atom. The van der Waals surface area contributed by atoms with Gasteiger partial charge in [0.2, 0.25) is 0 Å². The van der Waals surface area contributed by atoms with Gasteiger partial charge in [0, 0.05) is 43.3 Å². The number of aromatic nitrogens is 4. The molecule has 0 radical (unpaired) electrons. The van der Waals surface area contributed by atoms with Gasteiger partial charge in [-0.1, -0.05) is 58.5 Å². The number of Topliss-reactive ketones (excluding diaryl/α,β-unsaturated/α-hetero) is 1. The third kappa shape index (κ3) is 14.1. The minimum absolute atomic E-state index is 0. The van der Waals surface area contributed by atoms with E-state index in [9.17, 15) is 41.0 Å². The van der Waals surface area contributed by atoms with Gasteiger partial charge in [0.1, 0.15) is 39.3 Å². The first kappa shape index (κ1) is 55.3. The summed E-state index contributed by atoms with van der Waals surface area (Å²) in [5.74, 6) is -5.78. The molecule has 8 N–H and O–H groups in total. The molecule has 328 valence electrons. The number of carboxylic acid groups (broad SMARTS) is 1. The molecule has 4 aromatic carbocycles. The van der Waals surface area contributed by atoms with Crippen LogP contribution in [0.2, 0.25) is 20.4 Å². The quantitative estimate of drug-likeness (QED) is 0.0700. The van der Waals surface area contributed by atoms with Crippen LogP contribution < -0.4 is 29.5 Å². The molecule has 2 heterocycles. The van der Waals surface area contributed by atoms with Gasteiger partial charge in [0.15, 0.2) is 23.1 Å². The molecule has 0 unspecified atom stereocenters. The van der Waals surface area contributed by atoms with Crippen molar-refractivity contribution in [2.75, 3.05) is 23.7 Å². The van der Waals surface area contributed by atoms with E-state index in [1.54, 1.807) is 12.1 Å². The molecule has 0 bridgehead atoms. The maximum Gasteiger partial charge on any atom is 1.00 e. The van der Waals surface area contributed by atoms with Crippen molar-refractivity contribution >= 4 is 69.5 Å². The van der Waals surface area contributed by atoms with Crippen molar-refractivity contribution in [3.05, 3.63) is 162 Å². The number of nitrogens with zero attached hydrogens (tertiary/aromatic N) is 4. The number of hydrogen-bond donors (Lipinski definition) is 3. The van der Waals surface area contributed by atoms with Crippen molar-refractivity contribution in [1.82, 2.24) is 19.6 Å². The van der Waals surface area contributed by atoms with Crippen molar-refractivity contribution in [3.8, 4) is 0 Å². The van der Waals surface area contributed by atoms with Crippen LogP contribution in [0.15, 0.2) is 72.8 Å². The smallest absolute Gasteiger partial charge is 0.870 e. The second kappa shape index (κ2) is 24.8. The van der Waals surface area contributed by atoms with Gasteiger partial charge in [-0.2, -0.15) is 10.2 Å². The maximum atomic E-state index is 14.0. The van der Waals surface area contributed by atoms with E-state index >= 15 is 0 Å². The summed E-state index contributed by atoms with van der Waals surface area (Å²) in [6.07, 6.45) is 0.390. The summed E-state index contributed by atoms with van der Waals surface area (Å²) in [4.78, 5) is 23.5. The second-order valence-corrected chi connectivity index (χ2v) is 14.1. The molecule has 23 heteroatoms. The number of halogens is 10. The van der Waals surface area contributed by atoms with E-state index in [0.717, 1.165) is 41.1 Å². The molecular formula is C39H35Cl4F6LiN6O6. The molecule has 2 aromatic heterocycles. The average molecular weight is 946 g/mol. The fraction of sp³-hybridized carbons (Fsp3) is 0.179. The molecule has 0 saturated heterocycles. The number of nitrogens with one attached hydrogen (secondary N) is 2. The Morgan fingerprint density at radius 1 is 0.629 bits per heavy atom. The van der Waals surface area contributed by atoms with Gasteiger partial charge in [-0.05, 0) is 72.5 Å². The van der Waals surface area contributed by atoms with Crippen LogP contribution in [0.25, 0.3) is 0 Å². The van der Waals surface area contributed by atoms with Crippen LogP contribution in [-0.2, 0) is 25.9 Å². The summed E-state index contributed by atoms with van der Waals surface area (Å²) in [6.45, 7) is 1.63. The molecule has 0 aliphatic rings. The Balaban J connectivity index is 0.000000582. The van der Waals surface area contributed by atoms with Crippen LogP contribution in [0.4, 0.5) is 37.7 Å². The van der Waals surface area contributed by atoms with Gasteiger partial charge in [-0.25, -0.2) is 40.5 Å². The first-order valence-electron chi connectivity index (χ1n) is 17.0. The molecule has 0 saturated carbocycles. The average Bonchev–Trinajstić information content (AvgIpc) is 3.62. The molecule has 6 aromatic rings. The topological polar surface area (TPSA) is 207 Å². The molecule has 62 heavy (non-hydrogen) atoms. The number of carboxylic acids is 1. The van der Waals surface area contributed by atoms with Crippen LogP contribution in [0.5, 0.6) is 0 Å². The van der Waals surface area contributed by atoms with Crippen LogP contribution in [0, 0.1) is 34.9 Å². The van der Waals surface area contributed by atoms with Crippen molar-refractivity contribution in [2.24, 2.45) is 0 Å². The molecule has 0 aliphatic heterocycles. The molecule has 6 rings (SSSR count). The zero-order valence-corrected chi connectivity index (χ0v) is 35.5. The number of carbonyl (C=O) groups is 2. The Labute approximate surface area is 381 Å². The van der Waals surface area contributed by atoms with E-state index < -0.39 is 40.9 Å². The zero-order chi connectivity index (χ0) is 42.3. The normalized spacial score (nSPS) is 10.2. The van der Waals surface area contributed by atoms with Gasteiger partial charge < -0.3 is 32.2 Å². The molecule has 0 fully saturated rings. The molecule has 12 nitrogen and oxygen atoms in total. The largest absolute Gasteiger partial charge is 1.00 e. The summed E-state index contributed by atoms with van der Waals surface area (Å²) in [5.41, 5.74) is 1.47. The Hall–Kier alpha value is -4.74. The van der Waals surface area contributed by atoms with Crippen molar-refractivity contribution < 1.29 is 76.3 Å². The SMILES string of the molecule is CC(=O)c1nn(Cc2cc(F)cc(F)c2)c(Cl)c1CCNc1cccc(Cl)c1F.O.O.O=C(O)c1nn(Cc2cc(F)cc(F)c2)c(Cl)c1CCNc1cccc(Cl)c1F.[Li+].[OH-]. The van der Waals surface area contributed by atoms with Crippen LogP contribution in [-0.4, -0.2) is 65.9 Å². The Morgan fingerprint density at radius 3 is 1.34 bits per heavy atom. The van der Waals surface area contributed by atoms with E-state index in [-0.39, 0.29) is 134 Å². The molecule has 0 atom stereocenters. The first-order chi connectivity index (χ1) is 27.5. The van der Waals surface area contributed by atoms with Gasteiger partial charge >= 0.3 is 24.8 Å². The Kier molecular flexibility index (Phi) is 22.1. The van der Waals surface area contributed by atoms with Gasteiger partial charge in [0.25, 0.3) is 0 Å². The number of aromatic carboxylic acids is 1. The minimum atomic E-state index is -1.31. The fourth-order valence-electron chi connectivity index (χ4n) is 5.74. The van der Waals surface area contributed by atoms with Crippen molar-refractivity contribution in [3.63, 3.8) is 0 Å². The minimum Gasteiger partial charge on any atom is -0.870 e. The predicted molar refractivity (Wildman–Crippen MR) is 219 cm³/mol. The molecular weight excluding hydrogens is 911 g/mol. The summed E-state index contributed by atoms with van der Waals surface area (Å²) in [7, 11) is 0. The van der Waals surface area contributed by atoms with Crippen LogP contribution in [0.3, 0.4) is 0 Å². The van der Waals surface area contributed by atoms with E-state index in [0.29, 0.717) is 11.1 Å². The van der Waals surface area contributed by atoms with Crippen LogP contribution >= 0.6 is 46.4 Å². The van der Waals surface area contributed by atoms with Gasteiger partial charge in [-0.3, -0.25) is 4.79 Å². The standard InChI is InChI=1S/C20H16Cl2F3N3O.C19H14Cl2F3N3O2.Li.3H2O/c1-11(29)19-15(5-6-26-17-4-2-3-16(21)18(17)25)20(22)28(27-19)10-12-7-13(23)9-14(24)8-12;20-14-2-1-3-15(16(14)24)25-5-4-13-17(19(28)29)26-27(18(13)21)9-10-6-11(22)8-12(23)7-10;;;;/h2-4,7-9,26H,5-6,10H2,1H3;1-3,6-8,25H,4-5,9H2,(H,28,29);;3*1H2/q;;+1;;;/p-1. The molecule has 0 amide bonds. The van der Waals surface area contributed by atoms with Crippen molar-refractivity contribution in [2.45, 2.75) is 32.9 Å². The zero-order valence-electron chi connectivity index (χ0n) is 32.5. The van der Waals surface area contributed by atoms with Gasteiger partial charge in [0.05, 0.1) is 34.5 Å². The van der Waals surface area contributed by atoms with Crippen molar-refractivity contribution in [1.29, 1.82) is 0 Å². The number of anilines is 2. The monoisotopic (exact) mass is 944 g/mol. The summed E-state index contributed by atoms with van der Waals surface area (Å²) < 4.78 is 84.0. The number of hydrogen-bond acceptors (Lipinski definition) is 7. The third-order valence-electron chi connectivity index (χ3n) is 8.29. The summed E-state index contributed by atoms with van der Waals surface area (Å²) >= 11 is 24.1. The first-order valence-corrected chi connectivity index (χ1v) is 18.5. The second-order valence-electron chi connectivity index (χ2n) is 12.5. The molecule has 0 aliphatic carbocycles.